The van der Waals surface area contributed by atoms with Gasteiger partial charge in [-0.1, -0.05) is 19.3 Å². The average molecular weight is 396 g/mol. The molecule has 0 saturated heterocycles. The predicted octanol–water partition coefficient (Wildman–Crippen LogP) is 4.11. The van der Waals surface area contributed by atoms with E-state index in [1.807, 2.05) is 0 Å². The van der Waals surface area contributed by atoms with Crippen LogP contribution in [0, 0.1) is 16.0 Å². The second-order valence-corrected chi connectivity index (χ2v) is 6.80. The standard InChI is InChI=1S/C18H19F3N4O3/c19-18(20,21)16-15(17(26)22-10-12-4-2-1-3-5-12)11-23-24(16)13-6-8-14(9-7-13)25(27)28/h6-9,11-12H,1-5,10H2,(H,22,26). The van der Waals surface area contributed by atoms with Gasteiger partial charge in [-0.3, -0.25) is 14.9 Å². The van der Waals surface area contributed by atoms with Crippen LogP contribution in [0.5, 0.6) is 0 Å². The highest BCUT2D eigenvalue weighted by atomic mass is 19.4. The van der Waals surface area contributed by atoms with Gasteiger partial charge in [0, 0.05) is 18.7 Å². The summed E-state index contributed by atoms with van der Waals surface area (Å²) in [6.45, 7) is 0.332. The van der Waals surface area contributed by atoms with Gasteiger partial charge in [-0.05, 0) is 30.9 Å². The van der Waals surface area contributed by atoms with E-state index in [9.17, 15) is 28.1 Å². The number of hydrogen-bond acceptors (Lipinski definition) is 4. The molecule has 0 bridgehead atoms. The van der Waals surface area contributed by atoms with E-state index < -0.39 is 28.3 Å². The quantitative estimate of drug-likeness (QED) is 0.608. The molecule has 150 valence electrons. The molecule has 0 radical (unpaired) electrons. The zero-order valence-electron chi connectivity index (χ0n) is 14.9. The van der Waals surface area contributed by atoms with Gasteiger partial charge in [-0.2, -0.15) is 18.3 Å². The molecule has 2 aromatic rings. The highest BCUT2D eigenvalue weighted by Crippen LogP contribution is 2.34. The zero-order valence-corrected chi connectivity index (χ0v) is 14.9. The number of carbonyl (C=O) groups is 1. The first kappa shape index (κ1) is 19.8. The number of benzene rings is 1. The van der Waals surface area contributed by atoms with Crippen molar-refractivity contribution in [3.63, 3.8) is 0 Å². The third kappa shape index (κ3) is 4.32. The van der Waals surface area contributed by atoms with E-state index in [-0.39, 0.29) is 17.3 Å². The molecule has 1 aliphatic carbocycles. The van der Waals surface area contributed by atoms with Crippen LogP contribution in [-0.2, 0) is 6.18 Å². The van der Waals surface area contributed by atoms with Gasteiger partial charge in [-0.15, -0.1) is 0 Å². The van der Waals surface area contributed by atoms with Crippen molar-refractivity contribution in [2.45, 2.75) is 38.3 Å². The van der Waals surface area contributed by atoms with Crippen molar-refractivity contribution in [2.24, 2.45) is 5.92 Å². The number of hydrogen-bond donors (Lipinski definition) is 1. The largest absolute Gasteiger partial charge is 0.434 e. The molecule has 1 N–H and O–H groups in total. The van der Waals surface area contributed by atoms with Gasteiger partial charge in [-0.25, -0.2) is 4.68 Å². The minimum atomic E-state index is -4.82. The van der Waals surface area contributed by atoms with E-state index in [2.05, 4.69) is 10.4 Å². The molecule has 1 heterocycles. The lowest BCUT2D eigenvalue weighted by atomic mass is 9.89. The van der Waals surface area contributed by atoms with Crippen molar-refractivity contribution in [1.29, 1.82) is 0 Å². The SMILES string of the molecule is O=C(NCC1CCCCC1)c1cnn(-c2ccc([N+](=O)[O-])cc2)c1C(F)(F)F. The van der Waals surface area contributed by atoms with Crippen LogP contribution in [0.3, 0.4) is 0 Å². The Bertz CT molecular complexity index is 856. The number of carbonyl (C=O) groups excluding carboxylic acids is 1. The molecule has 3 rings (SSSR count). The first-order valence-electron chi connectivity index (χ1n) is 8.95. The van der Waals surface area contributed by atoms with Crippen LogP contribution < -0.4 is 5.32 Å². The first-order chi connectivity index (χ1) is 13.3. The lowest BCUT2D eigenvalue weighted by Crippen LogP contribution is -2.31. The summed E-state index contributed by atoms with van der Waals surface area (Å²) in [7, 11) is 0. The van der Waals surface area contributed by atoms with Crippen molar-refractivity contribution >= 4 is 11.6 Å². The summed E-state index contributed by atoms with van der Waals surface area (Å²) in [6.07, 6.45) is 1.22. The molecule has 1 fully saturated rings. The van der Waals surface area contributed by atoms with Gasteiger partial charge in [0.25, 0.3) is 11.6 Å². The number of aromatic nitrogens is 2. The number of rotatable bonds is 5. The Morgan fingerprint density at radius 1 is 1.21 bits per heavy atom. The number of non-ortho nitro benzene ring substituents is 1. The Balaban J connectivity index is 1.85. The normalized spacial score (nSPS) is 15.4. The molecule has 10 heteroatoms. The number of nitrogens with one attached hydrogen (secondary N) is 1. The Morgan fingerprint density at radius 3 is 2.43 bits per heavy atom. The summed E-state index contributed by atoms with van der Waals surface area (Å²) in [5.41, 5.74) is -2.05. The van der Waals surface area contributed by atoms with Crippen molar-refractivity contribution in [3.8, 4) is 5.69 Å². The number of nitro benzene ring substituents is 1. The summed E-state index contributed by atoms with van der Waals surface area (Å²) in [6, 6.07) is 4.48. The van der Waals surface area contributed by atoms with Gasteiger partial charge in [0.15, 0.2) is 5.69 Å². The third-order valence-corrected chi connectivity index (χ3v) is 4.86. The molecule has 1 aromatic carbocycles. The molecule has 1 aliphatic rings. The van der Waals surface area contributed by atoms with Crippen LogP contribution in [0.25, 0.3) is 5.69 Å². The molecule has 1 saturated carbocycles. The molecule has 1 amide bonds. The van der Waals surface area contributed by atoms with Crippen LogP contribution in [0.1, 0.15) is 48.2 Å². The maximum atomic E-state index is 13.6. The molecule has 0 unspecified atom stereocenters. The van der Waals surface area contributed by atoms with Gasteiger partial charge in [0.1, 0.15) is 0 Å². The Hall–Kier alpha value is -2.91. The van der Waals surface area contributed by atoms with Crippen molar-refractivity contribution < 1.29 is 22.9 Å². The van der Waals surface area contributed by atoms with Crippen molar-refractivity contribution in [3.05, 3.63) is 51.8 Å². The highest BCUT2D eigenvalue weighted by Gasteiger charge is 2.40. The van der Waals surface area contributed by atoms with Crippen molar-refractivity contribution in [1.82, 2.24) is 15.1 Å². The summed E-state index contributed by atoms with van der Waals surface area (Å²) < 4.78 is 41.5. The maximum absolute atomic E-state index is 13.6. The molecule has 28 heavy (non-hydrogen) atoms. The topological polar surface area (TPSA) is 90.1 Å². The Kier molecular flexibility index (Phi) is 5.66. The fourth-order valence-corrected chi connectivity index (χ4v) is 3.42. The van der Waals surface area contributed by atoms with E-state index in [0.717, 1.165) is 62.6 Å². The van der Waals surface area contributed by atoms with E-state index in [1.165, 1.54) is 0 Å². The second-order valence-electron chi connectivity index (χ2n) is 6.80. The molecular formula is C18H19F3N4O3. The molecule has 1 aromatic heterocycles. The average Bonchev–Trinajstić information content (AvgIpc) is 3.13. The smallest absolute Gasteiger partial charge is 0.352 e. The van der Waals surface area contributed by atoms with Gasteiger partial charge in [0.2, 0.25) is 0 Å². The number of amides is 1. The summed E-state index contributed by atoms with van der Waals surface area (Å²) in [5.74, 6) is -0.553. The fourth-order valence-electron chi connectivity index (χ4n) is 3.42. The van der Waals surface area contributed by atoms with E-state index in [4.69, 9.17) is 0 Å². The van der Waals surface area contributed by atoms with Crippen molar-refractivity contribution in [2.75, 3.05) is 6.54 Å². The van der Waals surface area contributed by atoms with Crippen LogP contribution in [0.4, 0.5) is 18.9 Å². The number of halogens is 3. The van der Waals surface area contributed by atoms with E-state index in [1.54, 1.807) is 0 Å². The van der Waals surface area contributed by atoms with E-state index in [0.29, 0.717) is 11.2 Å². The van der Waals surface area contributed by atoms with Gasteiger partial charge < -0.3 is 5.32 Å². The third-order valence-electron chi connectivity index (χ3n) is 4.86. The summed E-state index contributed by atoms with van der Waals surface area (Å²) in [4.78, 5) is 22.5. The lowest BCUT2D eigenvalue weighted by molar-refractivity contribution is -0.384. The Morgan fingerprint density at radius 2 is 1.86 bits per heavy atom. The Labute approximate surface area is 158 Å². The monoisotopic (exact) mass is 396 g/mol. The number of nitrogens with zero attached hydrogens (tertiary/aromatic N) is 3. The lowest BCUT2D eigenvalue weighted by Gasteiger charge is -2.21. The van der Waals surface area contributed by atoms with Gasteiger partial charge >= 0.3 is 6.18 Å². The maximum Gasteiger partial charge on any atom is 0.434 e. The summed E-state index contributed by atoms with van der Waals surface area (Å²) >= 11 is 0. The molecule has 0 atom stereocenters. The first-order valence-corrected chi connectivity index (χ1v) is 8.95. The second kappa shape index (κ2) is 7.99. The van der Waals surface area contributed by atoms with Crippen LogP contribution in [0.2, 0.25) is 0 Å². The minimum Gasteiger partial charge on any atom is -0.352 e. The molecule has 7 nitrogen and oxygen atoms in total. The summed E-state index contributed by atoms with van der Waals surface area (Å²) in [5, 5.41) is 17.0. The molecule has 0 spiro atoms. The highest BCUT2D eigenvalue weighted by molar-refractivity contribution is 5.95. The molecule has 0 aliphatic heterocycles. The molecular weight excluding hydrogens is 377 g/mol. The van der Waals surface area contributed by atoms with Crippen LogP contribution >= 0.6 is 0 Å². The van der Waals surface area contributed by atoms with Gasteiger partial charge in [0.05, 0.1) is 22.4 Å². The number of alkyl halides is 3. The van der Waals surface area contributed by atoms with Crippen LogP contribution in [-0.4, -0.2) is 27.2 Å². The van der Waals surface area contributed by atoms with E-state index >= 15 is 0 Å². The number of nitro groups is 1. The fraction of sp³-hybridized carbons (Fsp3) is 0.444. The minimum absolute atomic E-state index is 0.0238. The van der Waals surface area contributed by atoms with Crippen LogP contribution in [0.15, 0.2) is 30.5 Å². The zero-order chi connectivity index (χ0) is 20.3. The predicted molar refractivity (Wildman–Crippen MR) is 94.1 cm³/mol.